The summed E-state index contributed by atoms with van der Waals surface area (Å²) in [5.41, 5.74) is 0. The maximum atomic E-state index is 12.4. The van der Waals surface area contributed by atoms with E-state index in [1.807, 2.05) is 16.7 Å². The number of amides is 2. The van der Waals surface area contributed by atoms with Gasteiger partial charge in [0.2, 0.25) is 0 Å². The molecule has 2 amide bonds. The van der Waals surface area contributed by atoms with Crippen molar-refractivity contribution in [1.82, 2.24) is 15.1 Å². The topological polar surface area (TPSA) is 72.9 Å². The fourth-order valence-electron chi connectivity index (χ4n) is 3.85. The molecule has 6 heteroatoms. The zero-order chi connectivity index (χ0) is 17.0. The van der Waals surface area contributed by atoms with Crippen molar-refractivity contribution in [3.05, 3.63) is 0 Å². The summed E-state index contributed by atoms with van der Waals surface area (Å²) in [4.78, 5) is 27.2. The number of carboxylic acid groups (broad SMARTS) is 1. The highest BCUT2D eigenvalue weighted by molar-refractivity contribution is 5.74. The Kier molecular flexibility index (Phi) is 6.27. The van der Waals surface area contributed by atoms with Gasteiger partial charge in [-0.25, -0.2) is 4.79 Å². The maximum Gasteiger partial charge on any atom is 0.317 e. The van der Waals surface area contributed by atoms with Crippen LogP contribution in [0, 0.1) is 11.8 Å². The zero-order valence-corrected chi connectivity index (χ0v) is 14.6. The van der Waals surface area contributed by atoms with E-state index in [2.05, 4.69) is 19.2 Å². The van der Waals surface area contributed by atoms with E-state index in [0.29, 0.717) is 11.8 Å². The van der Waals surface area contributed by atoms with Gasteiger partial charge in [0.15, 0.2) is 0 Å². The number of likely N-dealkylation sites (N-methyl/N-ethyl adjacent to an activating group) is 1. The van der Waals surface area contributed by atoms with Crippen molar-refractivity contribution in [2.45, 2.75) is 58.5 Å². The second-order valence-corrected chi connectivity index (χ2v) is 7.41. The van der Waals surface area contributed by atoms with Crippen LogP contribution in [0.3, 0.4) is 0 Å². The summed E-state index contributed by atoms with van der Waals surface area (Å²) in [5.74, 6) is 0.454. The zero-order valence-electron chi connectivity index (χ0n) is 14.6. The first-order valence-corrected chi connectivity index (χ1v) is 8.90. The van der Waals surface area contributed by atoms with Crippen molar-refractivity contribution < 1.29 is 14.7 Å². The van der Waals surface area contributed by atoms with Crippen molar-refractivity contribution in [1.29, 1.82) is 0 Å². The number of carboxylic acids is 1. The third-order valence-corrected chi connectivity index (χ3v) is 5.22. The second kappa shape index (κ2) is 7.99. The van der Waals surface area contributed by atoms with Crippen molar-refractivity contribution in [3.8, 4) is 0 Å². The van der Waals surface area contributed by atoms with E-state index in [0.717, 1.165) is 38.9 Å². The molecule has 0 spiro atoms. The quantitative estimate of drug-likeness (QED) is 0.811. The molecular weight excluding hydrogens is 294 g/mol. The molecule has 2 unspecified atom stereocenters. The third kappa shape index (κ3) is 5.09. The molecule has 132 valence electrons. The smallest absolute Gasteiger partial charge is 0.317 e. The van der Waals surface area contributed by atoms with Gasteiger partial charge in [-0.3, -0.25) is 9.69 Å². The van der Waals surface area contributed by atoms with E-state index in [1.165, 1.54) is 6.42 Å². The second-order valence-electron chi connectivity index (χ2n) is 7.41. The lowest BCUT2D eigenvalue weighted by atomic mass is 9.85. The van der Waals surface area contributed by atoms with E-state index >= 15 is 0 Å². The molecule has 2 aliphatic rings. The molecule has 0 radical (unpaired) electrons. The highest BCUT2D eigenvalue weighted by Crippen LogP contribution is 2.26. The largest absolute Gasteiger partial charge is 0.480 e. The molecule has 2 rings (SSSR count). The number of carbonyl (C=O) groups is 2. The van der Waals surface area contributed by atoms with Crippen molar-refractivity contribution in [3.63, 3.8) is 0 Å². The first-order chi connectivity index (χ1) is 10.9. The van der Waals surface area contributed by atoms with Crippen LogP contribution in [0.2, 0.25) is 0 Å². The SMILES string of the molecule is CCN(CC(=O)O)C1CC(NC(=O)N2CCC(C)CC(C)C2)C1. The van der Waals surface area contributed by atoms with Gasteiger partial charge in [0.1, 0.15) is 0 Å². The molecule has 1 heterocycles. The Morgan fingerprint density at radius 3 is 2.52 bits per heavy atom. The number of hydrogen-bond acceptors (Lipinski definition) is 3. The van der Waals surface area contributed by atoms with Crippen molar-refractivity contribution in [2.75, 3.05) is 26.2 Å². The van der Waals surface area contributed by atoms with Gasteiger partial charge in [-0.05, 0) is 44.1 Å². The Morgan fingerprint density at radius 1 is 1.22 bits per heavy atom. The predicted octanol–water partition coefficient (Wildman–Crippen LogP) is 2.00. The van der Waals surface area contributed by atoms with Gasteiger partial charge in [-0.1, -0.05) is 20.8 Å². The van der Waals surface area contributed by atoms with E-state index in [-0.39, 0.29) is 24.7 Å². The molecule has 23 heavy (non-hydrogen) atoms. The summed E-state index contributed by atoms with van der Waals surface area (Å²) in [6, 6.07) is 0.520. The molecule has 1 saturated heterocycles. The Hall–Kier alpha value is -1.30. The van der Waals surface area contributed by atoms with Gasteiger partial charge >= 0.3 is 12.0 Å². The van der Waals surface area contributed by atoms with E-state index in [9.17, 15) is 9.59 Å². The lowest BCUT2D eigenvalue weighted by Gasteiger charge is -2.42. The van der Waals surface area contributed by atoms with Crippen LogP contribution in [-0.4, -0.2) is 65.2 Å². The Labute approximate surface area is 139 Å². The Balaban J connectivity index is 1.76. The Morgan fingerprint density at radius 2 is 1.91 bits per heavy atom. The van der Waals surface area contributed by atoms with E-state index in [1.54, 1.807) is 0 Å². The van der Waals surface area contributed by atoms with Gasteiger partial charge in [0.05, 0.1) is 6.54 Å². The summed E-state index contributed by atoms with van der Waals surface area (Å²) < 4.78 is 0. The number of nitrogens with zero attached hydrogens (tertiary/aromatic N) is 2. The molecule has 2 fully saturated rings. The lowest BCUT2D eigenvalue weighted by Crippen LogP contribution is -2.57. The van der Waals surface area contributed by atoms with Crippen LogP contribution in [-0.2, 0) is 4.79 Å². The minimum Gasteiger partial charge on any atom is -0.480 e. The summed E-state index contributed by atoms with van der Waals surface area (Å²) in [6.45, 7) is 8.96. The average molecular weight is 325 g/mol. The highest BCUT2D eigenvalue weighted by Gasteiger charge is 2.35. The van der Waals surface area contributed by atoms with E-state index in [4.69, 9.17) is 5.11 Å². The fraction of sp³-hybridized carbons (Fsp3) is 0.882. The average Bonchev–Trinajstić information content (AvgIpc) is 2.60. The third-order valence-electron chi connectivity index (χ3n) is 5.22. The minimum atomic E-state index is -0.785. The molecule has 0 aromatic carbocycles. The molecule has 6 nitrogen and oxygen atoms in total. The summed E-state index contributed by atoms with van der Waals surface area (Å²) >= 11 is 0. The summed E-state index contributed by atoms with van der Waals surface area (Å²) in [6.07, 6.45) is 3.97. The first-order valence-electron chi connectivity index (χ1n) is 8.90. The summed E-state index contributed by atoms with van der Waals surface area (Å²) in [7, 11) is 0. The van der Waals surface area contributed by atoms with Crippen LogP contribution in [0.15, 0.2) is 0 Å². The first kappa shape index (κ1) is 18.0. The molecule has 1 aliphatic heterocycles. The van der Waals surface area contributed by atoms with Crippen molar-refractivity contribution >= 4 is 12.0 Å². The van der Waals surface area contributed by atoms with Gasteiger partial charge in [0.25, 0.3) is 0 Å². The van der Waals surface area contributed by atoms with Crippen LogP contribution >= 0.6 is 0 Å². The normalized spacial score (nSPS) is 31.4. The van der Waals surface area contributed by atoms with Gasteiger partial charge in [-0.15, -0.1) is 0 Å². The number of rotatable bonds is 5. The van der Waals surface area contributed by atoms with Crippen molar-refractivity contribution in [2.24, 2.45) is 11.8 Å². The molecule has 2 atom stereocenters. The molecule has 0 aromatic heterocycles. The molecule has 0 bridgehead atoms. The van der Waals surface area contributed by atoms with Crippen LogP contribution in [0.1, 0.15) is 46.5 Å². The monoisotopic (exact) mass is 325 g/mol. The van der Waals surface area contributed by atoms with Crippen LogP contribution in [0.4, 0.5) is 4.79 Å². The molecule has 2 N–H and O–H groups in total. The fourth-order valence-corrected chi connectivity index (χ4v) is 3.85. The number of aliphatic carboxylic acids is 1. The maximum absolute atomic E-state index is 12.4. The Bertz CT molecular complexity index is 423. The molecular formula is C17H31N3O3. The van der Waals surface area contributed by atoms with Crippen LogP contribution in [0.25, 0.3) is 0 Å². The molecule has 1 aliphatic carbocycles. The molecule has 0 aromatic rings. The van der Waals surface area contributed by atoms with E-state index < -0.39 is 5.97 Å². The standard InChI is InChI=1S/C17H31N3O3/c1-4-19(11-16(21)22)15-8-14(9-15)18-17(23)20-6-5-12(2)7-13(3)10-20/h12-15H,4-11H2,1-3H3,(H,18,23)(H,21,22). The highest BCUT2D eigenvalue weighted by atomic mass is 16.4. The van der Waals surface area contributed by atoms with Crippen LogP contribution < -0.4 is 5.32 Å². The number of nitrogens with one attached hydrogen (secondary N) is 1. The van der Waals surface area contributed by atoms with Gasteiger partial charge in [-0.2, -0.15) is 0 Å². The van der Waals surface area contributed by atoms with Gasteiger partial charge < -0.3 is 15.3 Å². The predicted molar refractivity (Wildman–Crippen MR) is 89.4 cm³/mol. The van der Waals surface area contributed by atoms with Crippen LogP contribution in [0.5, 0.6) is 0 Å². The molecule has 1 saturated carbocycles. The number of likely N-dealkylation sites (tertiary alicyclic amines) is 1. The number of urea groups is 1. The minimum absolute atomic E-state index is 0.0516. The lowest BCUT2D eigenvalue weighted by molar-refractivity contribution is -0.139. The number of hydrogen-bond donors (Lipinski definition) is 2. The number of carbonyl (C=O) groups excluding carboxylic acids is 1. The van der Waals surface area contributed by atoms with Gasteiger partial charge in [0, 0.05) is 25.2 Å². The summed E-state index contributed by atoms with van der Waals surface area (Å²) in [5, 5.41) is 12.0.